The number of fused-ring (bicyclic) bond motifs is 2. The second-order valence-corrected chi connectivity index (χ2v) is 11.3. The van der Waals surface area contributed by atoms with Crippen LogP contribution in [0.3, 0.4) is 0 Å². The highest BCUT2D eigenvalue weighted by Crippen LogP contribution is 2.51. The SMILES string of the molecule is Brc1ccc(N(c2ccc3c(c2)OC2(CCCCC2)O3)c2ccc3c(c2)OC2(CCCCC2)O3)cc1. The number of benzene rings is 3. The van der Waals surface area contributed by atoms with Crippen LogP contribution in [0.25, 0.3) is 0 Å². The Morgan fingerprint density at radius 1 is 0.500 bits per heavy atom. The first-order chi connectivity index (χ1) is 17.6. The lowest BCUT2D eigenvalue weighted by molar-refractivity contribution is -0.105. The highest BCUT2D eigenvalue weighted by Gasteiger charge is 2.44. The fraction of sp³-hybridized carbons (Fsp3) is 0.400. The number of halogens is 1. The van der Waals surface area contributed by atoms with Gasteiger partial charge in [0, 0.05) is 48.0 Å². The van der Waals surface area contributed by atoms with Crippen molar-refractivity contribution in [3.63, 3.8) is 0 Å². The first kappa shape index (κ1) is 22.3. The molecule has 2 spiro atoms. The second kappa shape index (κ2) is 8.62. The third-order valence-electron chi connectivity index (χ3n) is 7.87. The molecule has 3 aromatic carbocycles. The summed E-state index contributed by atoms with van der Waals surface area (Å²) in [6.45, 7) is 0. The molecule has 0 bridgehead atoms. The Labute approximate surface area is 220 Å². The van der Waals surface area contributed by atoms with E-state index in [1.54, 1.807) is 0 Å². The van der Waals surface area contributed by atoms with Gasteiger partial charge in [0.05, 0.1) is 11.4 Å². The summed E-state index contributed by atoms with van der Waals surface area (Å²) in [5.74, 6) is 2.32. The van der Waals surface area contributed by atoms with Crippen LogP contribution in [0, 0.1) is 0 Å². The predicted octanol–water partition coefficient (Wildman–Crippen LogP) is 8.78. The number of ether oxygens (including phenoxy) is 4. The number of anilines is 3. The van der Waals surface area contributed by atoms with E-state index in [4.69, 9.17) is 18.9 Å². The quantitative estimate of drug-likeness (QED) is 0.327. The molecule has 4 aliphatic rings. The van der Waals surface area contributed by atoms with Gasteiger partial charge in [-0.05, 0) is 74.2 Å². The summed E-state index contributed by atoms with van der Waals surface area (Å²) in [7, 11) is 0. The third-order valence-corrected chi connectivity index (χ3v) is 8.40. The maximum absolute atomic E-state index is 6.47. The van der Waals surface area contributed by atoms with Crippen LogP contribution in [-0.2, 0) is 0 Å². The molecule has 2 aliphatic heterocycles. The number of rotatable bonds is 3. The molecule has 186 valence electrons. The van der Waals surface area contributed by atoms with Gasteiger partial charge in [0.15, 0.2) is 23.0 Å². The van der Waals surface area contributed by atoms with Crippen LogP contribution in [-0.4, -0.2) is 11.6 Å². The van der Waals surface area contributed by atoms with Gasteiger partial charge in [-0.25, -0.2) is 0 Å². The van der Waals surface area contributed by atoms with Gasteiger partial charge in [0.2, 0.25) is 0 Å². The molecule has 2 aliphatic carbocycles. The standard InChI is InChI=1S/C30H30BrNO4/c31-21-7-9-22(10-8-21)32(23-11-13-25-27(19-23)35-29(33-25)15-3-1-4-16-29)24-12-14-26-28(20-24)36-30(34-26)17-5-2-6-18-30/h7-14,19-20H,1-6,15-18H2. The Kier molecular flexibility index (Phi) is 5.35. The monoisotopic (exact) mass is 547 g/mol. The number of nitrogens with zero attached hydrogens (tertiary/aromatic N) is 1. The smallest absolute Gasteiger partial charge is 0.251 e. The van der Waals surface area contributed by atoms with Crippen LogP contribution >= 0.6 is 15.9 Å². The van der Waals surface area contributed by atoms with Crippen molar-refractivity contribution >= 4 is 33.0 Å². The van der Waals surface area contributed by atoms with Crippen molar-refractivity contribution in [2.75, 3.05) is 4.90 Å². The van der Waals surface area contributed by atoms with Crippen LogP contribution in [0.1, 0.15) is 64.2 Å². The van der Waals surface area contributed by atoms with Crippen LogP contribution < -0.4 is 23.8 Å². The number of hydrogen-bond donors (Lipinski definition) is 0. The molecule has 0 aromatic heterocycles. The van der Waals surface area contributed by atoms with Gasteiger partial charge in [-0.3, -0.25) is 0 Å². The molecule has 0 saturated heterocycles. The van der Waals surface area contributed by atoms with E-state index in [9.17, 15) is 0 Å². The van der Waals surface area contributed by atoms with E-state index in [0.717, 1.165) is 95.9 Å². The van der Waals surface area contributed by atoms with Crippen LogP contribution in [0.15, 0.2) is 65.1 Å². The van der Waals surface area contributed by atoms with Gasteiger partial charge in [-0.1, -0.05) is 28.8 Å². The van der Waals surface area contributed by atoms with Crippen LogP contribution in [0.2, 0.25) is 0 Å². The first-order valence-corrected chi connectivity index (χ1v) is 14.0. The van der Waals surface area contributed by atoms with Crippen molar-refractivity contribution in [2.24, 2.45) is 0 Å². The topological polar surface area (TPSA) is 40.2 Å². The Morgan fingerprint density at radius 2 is 0.917 bits per heavy atom. The Hall–Kier alpha value is -2.86. The van der Waals surface area contributed by atoms with Crippen molar-refractivity contribution in [2.45, 2.75) is 75.8 Å². The average molecular weight is 548 g/mol. The van der Waals surface area contributed by atoms with Gasteiger partial charge in [0.25, 0.3) is 11.6 Å². The molecule has 0 atom stereocenters. The van der Waals surface area contributed by atoms with Gasteiger partial charge in [0.1, 0.15) is 0 Å². The van der Waals surface area contributed by atoms with Crippen molar-refractivity contribution in [3.8, 4) is 23.0 Å². The van der Waals surface area contributed by atoms with E-state index in [-0.39, 0.29) is 0 Å². The molecule has 6 heteroatoms. The molecule has 2 saturated carbocycles. The minimum absolute atomic E-state index is 0.491. The lowest BCUT2D eigenvalue weighted by Gasteiger charge is -2.31. The zero-order valence-electron chi connectivity index (χ0n) is 20.3. The van der Waals surface area contributed by atoms with Gasteiger partial charge >= 0.3 is 0 Å². The summed E-state index contributed by atoms with van der Waals surface area (Å²) in [6.07, 6.45) is 10.8. The molecule has 2 heterocycles. The summed E-state index contributed by atoms with van der Waals surface area (Å²) >= 11 is 3.58. The van der Waals surface area contributed by atoms with Crippen LogP contribution in [0.5, 0.6) is 23.0 Å². The minimum atomic E-state index is -0.491. The van der Waals surface area contributed by atoms with Gasteiger partial charge < -0.3 is 23.8 Å². The molecule has 0 radical (unpaired) electrons. The highest BCUT2D eigenvalue weighted by molar-refractivity contribution is 9.10. The average Bonchev–Trinajstić information content (AvgIpc) is 3.42. The maximum Gasteiger partial charge on any atom is 0.251 e. The molecule has 0 amide bonds. The van der Waals surface area contributed by atoms with Gasteiger partial charge in [-0.15, -0.1) is 0 Å². The maximum atomic E-state index is 6.47. The Balaban J connectivity index is 1.26. The summed E-state index contributed by atoms with van der Waals surface area (Å²) < 4.78 is 26.6. The molecular formula is C30H30BrNO4. The summed E-state index contributed by atoms with van der Waals surface area (Å²) in [5, 5.41) is 0. The van der Waals surface area contributed by atoms with E-state index in [2.05, 4.69) is 69.4 Å². The Bertz CT molecular complexity index is 1200. The fourth-order valence-corrected chi connectivity index (χ4v) is 6.33. The minimum Gasteiger partial charge on any atom is -0.448 e. The third kappa shape index (κ3) is 3.90. The summed E-state index contributed by atoms with van der Waals surface area (Å²) in [5.41, 5.74) is 3.08. The van der Waals surface area contributed by atoms with Gasteiger partial charge in [-0.2, -0.15) is 0 Å². The molecule has 2 fully saturated rings. The second-order valence-electron chi connectivity index (χ2n) is 10.4. The molecule has 3 aromatic rings. The normalized spacial score (nSPS) is 20.6. The van der Waals surface area contributed by atoms with Crippen LogP contribution in [0.4, 0.5) is 17.1 Å². The summed E-state index contributed by atoms with van der Waals surface area (Å²) in [4.78, 5) is 2.23. The lowest BCUT2D eigenvalue weighted by Crippen LogP contribution is -2.40. The van der Waals surface area contributed by atoms with Crippen molar-refractivity contribution in [1.29, 1.82) is 0 Å². The first-order valence-electron chi connectivity index (χ1n) is 13.2. The number of hydrogen-bond acceptors (Lipinski definition) is 5. The lowest BCUT2D eigenvalue weighted by atomic mass is 9.94. The van der Waals surface area contributed by atoms with E-state index >= 15 is 0 Å². The molecule has 36 heavy (non-hydrogen) atoms. The molecule has 5 nitrogen and oxygen atoms in total. The van der Waals surface area contributed by atoms with E-state index in [1.807, 2.05) is 12.1 Å². The van der Waals surface area contributed by atoms with Crippen molar-refractivity contribution < 1.29 is 18.9 Å². The summed E-state index contributed by atoms with van der Waals surface area (Å²) in [6, 6.07) is 20.9. The zero-order chi connectivity index (χ0) is 24.2. The molecular weight excluding hydrogens is 518 g/mol. The van der Waals surface area contributed by atoms with E-state index < -0.39 is 11.6 Å². The predicted molar refractivity (Wildman–Crippen MR) is 143 cm³/mol. The fourth-order valence-electron chi connectivity index (χ4n) is 6.07. The highest BCUT2D eigenvalue weighted by atomic mass is 79.9. The molecule has 0 unspecified atom stereocenters. The largest absolute Gasteiger partial charge is 0.448 e. The molecule has 7 rings (SSSR count). The van der Waals surface area contributed by atoms with Crippen molar-refractivity contribution in [3.05, 3.63) is 65.1 Å². The Morgan fingerprint density at radius 3 is 1.39 bits per heavy atom. The molecule has 0 N–H and O–H groups in total. The zero-order valence-corrected chi connectivity index (χ0v) is 21.9. The van der Waals surface area contributed by atoms with Crippen molar-refractivity contribution in [1.82, 2.24) is 0 Å². The van der Waals surface area contributed by atoms with E-state index in [1.165, 1.54) is 12.8 Å². The van der Waals surface area contributed by atoms with E-state index in [0.29, 0.717) is 0 Å².